The summed E-state index contributed by atoms with van der Waals surface area (Å²) in [5.41, 5.74) is 4.50. The highest BCUT2D eigenvalue weighted by atomic mass is 32.2. The molecule has 0 bridgehead atoms. The predicted octanol–water partition coefficient (Wildman–Crippen LogP) is 3.88. The summed E-state index contributed by atoms with van der Waals surface area (Å²) in [7, 11) is 0. The van der Waals surface area contributed by atoms with E-state index in [1.165, 1.54) is 24.2 Å². The van der Waals surface area contributed by atoms with Crippen LogP contribution in [0.2, 0.25) is 0 Å². The van der Waals surface area contributed by atoms with Crippen LogP contribution in [0.15, 0.2) is 66.1 Å². The van der Waals surface area contributed by atoms with E-state index in [-0.39, 0.29) is 5.91 Å². The molecule has 132 valence electrons. The third kappa shape index (κ3) is 4.61. The van der Waals surface area contributed by atoms with Crippen molar-refractivity contribution in [2.75, 3.05) is 5.32 Å². The molecule has 5 nitrogen and oxygen atoms in total. The first-order valence-electron chi connectivity index (χ1n) is 8.16. The lowest BCUT2D eigenvalue weighted by molar-refractivity contribution is -0.605. The Labute approximate surface area is 156 Å². The van der Waals surface area contributed by atoms with E-state index in [0.29, 0.717) is 16.3 Å². The molecule has 2 heterocycles. The molecule has 3 rings (SSSR count). The van der Waals surface area contributed by atoms with Gasteiger partial charge in [0.1, 0.15) is 5.03 Å². The second-order valence-corrected chi connectivity index (χ2v) is 7.01. The number of amides is 1. The number of nitrogens with zero attached hydrogens (tertiary/aromatic N) is 2. The fourth-order valence-electron chi connectivity index (χ4n) is 2.62. The Morgan fingerprint density at radius 3 is 2.54 bits per heavy atom. The molecule has 0 atom stereocenters. The summed E-state index contributed by atoms with van der Waals surface area (Å²) in [6, 6.07) is 13.0. The van der Waals surface area contributed by atoms with Crippen LogP contribution in [0.5, 0.6) is 0 Å². The molecule has 0 saturated carbocycles. The van der Waals surface area contributed by atoms with Gasteiger partial charge in [-0.2, -0.15) is 4.73 Å². The van der Waals surface area contributed by atoms with Gasteiger partial charge in [0.15, 0.2) is 12.4 Å². The summed E-state index contributed by atoms with van der Waals surface area (Å²) >= 11 is 1.47. The van der Waals surface area contributed by atoms with Crippen LogP contribution >= 0.6 is 11.8 Å². The second-order valence-electron chi connectivity index (χ2n) is 6.04. The van der Waals surface area contributed by atoms with Crippen molar-refractivity contribution in [1.29, 1.82) is 0 Å². The summed E-state index contributed by atoms with van der Waals surface area (Å²) in [5, 5.41) is 14.7. The molecule has 1 amide bonds. The first-order chi connectivity index (χ1) is 12.5. The average molecular weight is 365 g/mol. The summed E-state index contributed by atoms with van der Waals surface area (Å²) in [6.07, 6.45) is 4.59. The standard InChI is InChI=1S/C20H19N3O2S/c1-14-10-15(2)12-17(11-14)22-19(24)18-4-3-7-21-20(18)26-13-16-5-8-23(25)9-6-16/h3-12H,13H2,1-2H3,(H,22,24). The summed E-state index contributed by atoms with van der Waals surface area (Å²) < 4.78 is 0.748. The Morgan fingerprint density at radius 2 is 1.85 bits per heavy atom. The van der Waals surface area contributed by atoms with Crippen molar-refractivity contribution in [2.45, 2.75) is 24.6 Å². The minimum atomic E-state index is -0.184. The van der Waals surface area contributed by atoms with Crippen molar-refractivity contribution in [1.82, 2.24) is 4.98 Å². The predicted molar refractivity (Wildman–Crippen MR) is 103 cm³/mol. The maximum atomic E-state index is 12.7. The molecule has 1 N–H and O–H groups in total. The van der Waals surface area contributed by atoms with Gasteiger partial charge in [0.25, 0.3) is 5.91 Å². The van der Waals surface area contributed by atoms with Crippen molar-refractivity contribution in [3.63, 3.8) is 0 Å². The van der Waals surface area contributed by atoms with Crippen LogP contribution in [0.25, 0.3) is 0 Å². The van der Waals surface area contributed by atoms with E-state index in [1.807, 2.05) is 26.0 Å². The van der Waals surface area contributed by atoms with Gasteiger partial charge in [-0.15, -0.1) is 11.8 Å². The van der Waals surface area contributed by atoms with Gasteiger partial charge in [0.05, 0.1) is 5.56 Å². The highest BCUT2D eigenvalue weighted by molar-refractivity contribution is 7.98. The number of aryl methyl sites for hydroxylation is 2. The number of carbonyl (C=O) groups is 1. The lowest BCUT2D eigenvalue weighted by Gasteiger charge is -2.10. The summed E-state index contributed by atoms with van der Waals surface area (Å²) in [6.45, 7) is 4.00. The molecule has 0 aliphatic carbocycles. The molecule has 0 spiro atoms. The molecule has 6 heteroatoms. The molecular formula is C20H19N3O2S. The number of thioether (sulfide) groups is 1. The van der Waals surface area contributed by atoms with Gasteiger partial charge < -0.3 is 10.5 Å². The van der Waals surface area contributed by atoms with Crippen molar-refractivity contribution >= 4 is 23.4 Å². The van der Waals surface area contributed by atoms with Crippen LogP contribution in [0.1, 0.15) is 27.0 Å². The Bertz CT molecular complexity index is 906. The first kappa shape index (κ1) is 17.9. The Morgan fingerprint density at radius 1 is 1.15 bits per heavy atom. The minimum absolute atomic E-state index is 0.184. The van der Waals surface area contributed by atoms with Crippen LogP contribution in [0, 0.1) is 19.1 Å². The Hall–Kier alpha value is -2.86. The van der Waals surface area contributed by atoms with Crippen LogP contribution in [-0.4, -0.2) is 10.9 Å². The van der Waals surface area contributed by atoms with E-state index in [0.717, 1.165) is 27.1 Å². The van der Waals surface area contributed by atoms with Gasteiger partial charge in [-0.05, 0) is 54.8 Å². The quantitative estimate of drug-likeness (QED) is 0.423. The Kier molecular flexibility index (Phi) is 5.53. The third-order valence-electron chi connectivity index (χ3n) is 3.74. The van der Waals surface area contributed by atoms with Crippen molar-refractivity contribution in [3.8, 4) is 0 Å². The third-order valence-corrected chi connectivity index (χ3v) is 4.82. The molecule has 0 aliphatic rings. The molecule has 0 aliphatic heterocycles. The van der Waals surface area contributed by atoms with Gasteiger partial charge in [-0.1, -0.05) is 6.07 Å². The normalized spacial score (nSPS) is 10.5. The topological polar surface area (TPSA) is 68.9 Å². The highest BCUT2D eigenvalue weighted by Gasteiger charge is 2.13. The fraction of sp³-hybridized carbons (Fsp3) is 0.150. The zero-order valence-corrected chi connectivity index (χ0v) is 15.4. The van der Waals surface area contributed by atoms with Crippen molar-refractivity contribution in [2.24, 2.45) is 0 Å². The molecule has 0 saturated heterocycles. The lowest BCUT2D eigenvalue weighted by atomic mass is 10.1. The minimum Gasteiger partial charge on any atom is -0.619 e. The monoisotopic (exact) mass is 365 g/mol. The number of rotatable bonds is 5. The molecule has 1 aromatic carbocycles. The number of benzene rings is 1. The molecule has 0 fully saturated rings. The van der Waals surface area contributed by atoms with Crippen molar-refractivity contribution < 1.29 is 9.52 Å². The van der Waals surface area contributed by atoms with Gasteiger partial charge in [-0.3, -0.25) is 4.79 Å². The molecule has 26 heavy (non-hydrogen) atoms. The first-order valence-corrected chi connectivity index (χ1v) is 9.15. The second kappa shape index (κ2) is 8.01. The maximum absolute atomic E-state index is 12.7. The lowest BCUT2D eigenvalue weighted by Crippen LogP contribution is -2.23. The summed E-state index contributed by atoms with van der Waals surface area (Å²) in [4.78, 5) is 17.0. The molecular weight excluding hydrogens is 346 g/mol. The number of anilines is 1. The zero-order chi connectivity index (χ0) is 18.5. The van der Waals surface area contributed by atoms with Crippen LogP contribution in [-0.2, 0) is 5.75 Å². The number of carbonyl (C=O) groups excluding carboxylic acids is 1. The number of hydrogen-bond donors (Lipinski definition) is 1. The van der Waals surface area contributed by atoms with E-state index in [4.69, 9.17) is 0 Å². The molecule has 0 unspecified atom stereocenters. The fourth-order valence-corrected chi connectivity index (χ4v) is 3.56. The van der Waals surface area contributed by atoms with E-state index in [2.05, 4.69) is 16.4 Å². The van der Waals surface area contributed by atoms with E-state index >= 15 is 0 Å². The van der Waals surface area contributed by atoms with E-state index in [1.54, 1.807) is 30.5 Å². The largest absolute Gasteiger partial charge is 0.619 e. The number of pyridine rings is 2. The van der Waals surface area contributed by atoms with Gasteiger partial charge in [-0.25, -0.2) is 4.98 Å². The number of aromatic nitrogens is 2. The molecule has 0 radical (unpaired) electrons. The summed E-state index contributed by atoms with van der Waals surface area (Å²) in [5.74, 6) is 0.442. The molecule has 3 aromatic rings. The zero-order valence-electron chi connectivity index (χ0n) is 14.6. The molecule has 2 aromatic heterocycles. The van der Waals surface area contributed by atoms with E-state index < -0.39 is 0 Å². The number of hydrogen-bond acceptors (Lipinski definition) is 4. The van der Waals surface area contributed by atoms with E-state index in [9.17, 15) is 10.0 Å². The Balaban J connectivity index is 1.75. The van der Waals surface area contributed by atoms with Crippen LogP contribution in [0.4, 0.5) is 5.69 Å². The van der Waals surface area contributed by atoms with Crippen LogP contribution in [0.3, 0.4) is 0 Å². The maximum Gasteiger partial charge on any atom is 0.258 e. The average Bonchev–Trinajstić information content (AvgIpc) is 2.60. The van der Waals surface area contributed by atoms with Gasteiger partial charge in [0, 0.05) is 29.8 Å². The van der Waals surface area contributed by atoms with Crippen molar-refractivity contribution in [3.05, 3.63) is 88.5 Å². The smallest absolute Gasteiger partial charge is 0.258 e. The van der Waals surface area contributed by atoms with Gasteiger partial charge >= 0.3 is 0 Å². The van der Waals surface area contributed by atoms with Gasteiger partial charge in [0.2, 0.25) is 0 Å². The highest BCUT2D eigenvalue weighted by Crippen LogP contribution is 2.25. The van der Waals surface area contributed by atoms with Crippen LogP contribution < -0.4 is 10.0 Å². The SMILES string of the molecule is Cc1cc(C)cc(NC(=O)c2cccnc2SCc2cc[n+]([O-])cc2)c1. The number of nitrogens with one attached hydrogen (secondary N) is 1.